The number of furan rings is 1. The van der Waals surface area contributed by atoms with Gasteiger partial charge in [-0.2, -0.15) is 5.26 Å². The lowest BCUT2D eigenvalue weighted by Gasteiger charge is -2.40. The second-order valence-electron chi connectivity index (χ2n) is 9.83. The number of aliphatic hydroxyl groups is 4. The maximum atomic E-state index is 12.7. The average molecular weight is 550 g/mol. The van der Waals surface area contributed by atoms with Crippen LogP contribution in [0.1, 0.15) is 32.4 Å². The molecule has 212 valence electrons. The zero-order chi connectivity index (χ0) is 28.8. The summed E-state index contributed by atoms with van der Waals surface area (Å²) in [6, 6.07) is 16.2. The van der Waals surface area contributed by atoms with Gasteiger partial charge >= 0.3 is 0 Å². The summed E-state index contributed by atoms with van der Waals surface area (Å²) >= 11 is 0. The molecule has 4 rings (SSSR count). The normalized spacial score (nSPS) is 23.1. The topological polar surface area (TPSA) is 159 Å². The molecular formula is C30H35N3O7. The quantitative estimate of drug-likeness (QED) is 0.189. The van der Waals surface area contributed by atoms with Crippen LogP contribution in [0.25, 0.3) is 28.2 Å². The molecule has 2 aromatic carbocycles. The number of amides is 1. The third-order valence-electron chi connectivity index (χ3n) is 6.94. The molecule has 0 aliphatic carbocycles. The number of ether oxygens (including phenoxy) is 1. The van der Waals surface area contributed by atoms with Gasteiger partial charge in [-0.25, -0.2) is 0 Å². The number of hydrogen-bond donors (Lipinski definition) is 5. The largest absolute Gasteiger partial charge is 0.457 e. The number of fused-ring (bicyclic) bond motifs is 1. The van der Waals surface area contributed by atoms with Gasteiger partial charge in [-0.15, -0.1) is 0 Å². The fraction of sp³-hybridized carbons (Fsp3) is 0.400. The number of nitrogens with one attached hydrogen (secondary N) is 1. The van der Waals surface area contributed by atoms with Gasteiger partial charge in [-0.3, -0.25) is 4.79 Å². The minimum Gasteiger partial charge on any atom is -0.457 e. The predicted octanol–water partition coefficient (Wildman–Crippen LogP) is 2.55. The van der Waals surface area contributed by atoms with Crippen molar-refractivity contribution in [3.05, 3.63) is 59.9 Å². The molecule has 2 unspecified atom stereocenters. The Labute approximate surface area is 232 Å². The van der Waals surface area contributed by atoms with Gasteiger partial charge in [0.05, 0.1) is 6.61 Å². The predicted molar refractivity (Wildman–Crippen MR) is 150 cm³/mol. The number of benzene rings is 2. The Hall–Kier alpha value is -3.72. The second-order valence-corrected chi connectivity index (χ2v) is 9.83. The van der Waals surface area contributed by atoms with Crippen molar-refractivity contribution in [2.75, 3.05) is 24.6 Å². The number of rotatable bonds is 10. The molecule has 5 atom stereocenters. The number of nitrogens with zero attached hydrogens (tertiary/aromatic N) is 2. The van der Waals surface area contributed by atoms with Crippen LogP contribution in [0.2, 0.25) is 0 Å². The maximum absolute atomic E-state index is 12.7. The van der Waals surface area contributed by atoms with Gasteiger partial charge in [0.25, 0.3) is 5.91 Å². The smallest absolute Gasteiger partial charge is 0.262 e. The van der Waals surface area contributed by atoms with Crippen LogP contribution >= 0.6 is 0 Å². The van der Waals surface area contributed by atoms with Crippen molar-refractivity contribution in [1.82, 2.24) is 5.32 Å². The van der Waals surface area contributed by atoms with Crippen molar-refractivity contribution >= 4 is 28.4 Å². The van der Waals surface area contributed by atoms with Crippen molar-refractivity contribution in [3.8, 4) is 17.4 Å². The molecular weight excluding hydrogens is 514 g/mol. The Morgan fingerprint density at radius 3 is 2.40 bits per heavy atom. The van der Waals surface area contributed by atoms with Crippen molar-refractivity contribution in [2.24, 2.45) is 0 Å². The van der Waals surface area contributed by atoms with Crippen LogP contribution in [0.5, 0.6) is 0 Å². The van der Waals surface area contributed by atoms with E-state index < -0.39 is 43.2 Å². The average Bonchev–Trinajstić information content (AvgIpc) is 3.43. The molecule has 40 heavy (non-hydrogen) atoms. The van der Waals surface area contributed by atoms with E-state index in [1.807, 2.05) is 18.2 Å². The molecule has 1 aliphatic rings. The van der Waals surface area contributed by atoms with Gasteiger partial charge in [0.1, 0.15) is 47.5 Å². The lowest BCUT2D eigenvalue weighted by atomic mass is 9.97. The van der Waals surface area contributed by atoms with Gasteiger partial charge in [-0.05, 0) is 53.9 Å². The maximum Gasteiger partial charge on any atom is 0.262 e. The third-order valence-corrected chi connectivity index (χ3v) is 6.94. The second kappa shape index (κ2) is 13.1. The SMILES string of the molecule is CCCN(CCC)c1ccc2cc(-c3ccc(/C=C(\C#N)C(=O)NC4C(O)O[C@H](CO)[C@@H](O)[C@@H]4O)o3)ccc2c1. The number of aliphatic hydroxyl groups excluding tert-OH is 4. The highest BCUT2D eigenvalue weighted by Gasteiger charge is 2.44. The number of hydrogen-bond acceptors (Lipinski definition) is 9. The molecule has 3 aromatic rings. The molecule has 0 bridgehead atoms. The van der Waals surface area contributed by atoms with Gasteiger partial charge in [0.2, 0.25) is 0 Å². The van der Waals surface area contributed by atoms with Crippen LogP contribution < -0.4 is 10.2 Å². The molecule has 5 N–H and O–H groups in total. The molecule has 0 saturated carbocycles. The minimum atomic E-state index is -1.69. The molecule has 1 aliphatic heterocycles. The lowest BCUT2D eigenvalue weighted by molar-refractivity contribution is -0.253. The fourth-order valence-corrected chi connectivity index (χ4v) is 4.85. The van der Waals surface area contributed by atoms with Crippen LogP contribution in [0, 0.1) is 11.3 Å². The molecule has 10 heteroatoms. The molecule has 1 fully saturated rings. The monoisotopic (exact) mass is 549 g/mol. The van der Waals surface area contributed by atoms with Crippen LogP contribution in [0.4, 0.5) is 5.69 Å². The first-order valence-corrected chi connectivity index (χ1v) is 13.4. The van der Waals surface area contributed by atoms with Gasteiger partial charge < -0.3 is 39.8 Å². The molecule has 1 saturated heterocycles. The third kappa shape index (κ3) is 6.36. The van der Waals surface area contributed by atoms with E-state index in [9.17, 15) is 30.5 Å². The highest BCUT2D eigenvalue weighted by molar-refractivity contribution is 6.01. The summed E-state index contributed by atoms with van der Waals surface area (Å²) in [6.45, 7) is 5.73. The standard InChI is InChI=1S/C30H35N3O7/c1-3-11-33(12-4-2)22-8-7-18-13-20(6-5-19(18)14-22)24-10-9-23(39-24)15-21(16-31)29(37)32-26-28(36)27(35)25(17-34)40-30(26)38/h5-10,13-15,25-28,30,34-36,38H,3-4,11-12,17H2,1-2H3,(H,32,37)/b21-15+/t25-,26?,27-,28-,30?/m1/s1. The summed E-state index contributed by atoms with van der Waals surface area (Å²) in [7, 11) is 0. The van der Waals surface area contributed by atoms with E-state index in [0.717, 1.165) is 42.3 Å². The van der Waals surface area contributed by atoms with Crippen molar-refractivity contribution < 1.29 is 34.4 Å². The fourth-order valence-electron chi connectivity index (χ4n) is 4.85. The van der Waals surface area contributed by atoms with E-state index in [-0.39, 0.29) is 11.3 Å². The Morgan fingerprint density at radius 1 is 1.02 bits per heavy atom. The summed E-state index contributed by atoms with van der Waals surface area (Å²) in [5.74, 6) is -0.0880. The molecule has 0 radical (unpaired) electrons. The zero-order valence-corrected chi connectivity index (χ0v) is 22.5. The molecule has 0 spiro atoms. The number of carbonyl (C=O) groups excluding carboxylic acids is 1. The Balaban J connectivity index is 1.50. The van der Waals surface area contributed by atoms with E-state index in [1.165, 1.54) is 11.8 Å². The first kappa shape index (κ1) is 29.3. The summed E-state index contributed by atoms with van der Waals surface area (Å²) in [5, 5.41) is 53.6. The van der Waals surface area contributed by atoms with Crippen LogP contribution in [-0.2, 0) is 9.53 Å². The van der Waals surface area contributed by atoms with Crippen LogP contribution in [-0.4, -0.2) is 76.7 Å². The van der Waals surface area contributed by atoms with E-state index >= 15 is 0 Å². The van der Waals surface area contributed by atoms with Crippen molar-refractivity contribution in [3.63, 3.8) is 0 Å². The van der Waals surface area contributed by atoms with Crippen molar-refractivity contribution in [1.29, 1.82) is 5.26 Å². The van der Waals surface area contributed by atoms with E-state index in [4.69, 9.17) is 9.15 Å². The van der Waals surface area contributed by atoms with Crippen LogP contribution in [0.15, 0.2) is 58.5 Å². The number of nitriles is 1. The Kier molecular flexibility index (Phi) is 9.58. The zero-order valence-electron chi connectivity index (χ0n) is 22.5. The first-order valence-electron chi connectivity index (χ1n) is 13.4. The summed E-state index contributed by atoms with van der Waals surface area (Å²) in [4.78, 5) is 15.1. The Morgan fingerprint density at radius 2 is 1.73 bits per heavy atom. The number of anilines is 1. The minimum absolute atomic E-state index is 0.258. The van der Waals surface area contributed by atoms with Crippen molar-refractivity contribution in [2.45, 2.75) is 57.3 Å². The van der Waals surface area contributed by atoms with Gasteiger partial charge in [0.15, 0.2) is 6.29 Å². The Bertz CT molecular complexity index is 1390. The van der Waals surface area contributed by atoms with Crippen LogP contribution in [0.3, 0.4) is 0 Å². The van der Waals surface area contributed by atoms with E-state index in [2.05, 4.69) is 42.3 Å². The lowest BCUT2D eigenvalue weighted by Crippen LogP contribution is -2.64. The van der Waals surface area contributed by atoms with Gasteiger partial charge in [0, 0.05) is 30.4 Å². The summed E-state index contributed by atoms with van der Waals surface area (Å²) < 4.78 is 10.9. The highest BCUT2D eigenvalue weighted by Crippen LogP contribution is 2.29. The number of carbonyl (C=O) groups is 1. The highest BCUT2D eigenvalue weighted by atomic mass is 16.6. The van der Waals surface area contributed by atoms with E-state index in [1.54, 1.807) is 18.2 Å². The van der Waals surface area contributed by atoms with Gasteiger partial charge in [-0.1, -0.05) is 32.0 Å². The summed E-state index contributed by atoms with van der Waals surface area (Å²) in [5.41, 5.74) is 1.69. The van der Waals surface area contributed by atoms with E-state index in [0.29, 0.717) is 5.76 Å². The molecule has 10 nitrogen and oxygen atoms in total. The molecule has 1 amide bonds. The summed E-state index contributed by atoms with van der Waals surface area (Å²) in [6.07, 6.45) is -2.66. The molecule has 2 heterocycles. The first-order chi connectivity index (χ1) is 19.3. The molecule has 1 aromatic heterocycles.